The third-order valence-electron chi connectivity index (χ3n) is 6.29. The molecule has 164 valence electrons. The second-order valence-corrected chi connectivity index (χ2v) is 8.85. The number of hydrogen-bond acceptors (Lipinski definition) is 3. The summed E-state index contributed by atoms with van der Waals surface area (Å²) >= 11 is 0. The Morgan fingerprint density at radius 3 is 2.59 bits per heavy atom. The lowest BCUT2D eigenvalue weighted by molar-refractivity contribution is 0.183. The molecule has 2 heterocycles. The molecule has 32 heavy (non-hydrogen) atoms. The largest absolute Gasteiger partial charge is 0.492 e. The second-order valence-electron chi connectivity index (χ2n) is 8.85. The minimum atomic E-state index is 0.717. The van der Waals surface area contributed by atoms with Gasteiger partial charge in [-0.05, 0) is 62.5 Å². The molecule has 0 bridgehead atoms. The first kappa shape index (κ1) is 20.8. The summed E-state index contributed by atoms with van der Waals surface area (Å²) in [5.41, 5.74) is 6.86. The van der Waals surface area contributed by atoms with Crippen LogP contribution >= 0.6 is 0 Å². The molecule has 1 N–H and O–H groups in total. The van der Waals surface area contributed by atoms with E-state index in [1.54, 1.807) is 0 Å². The van der Waals surface area contributed by atoms with E-state index in [0.717, 1.165) is 47.7 Å². The van der Waals surface area contributed by atoms with E-state index >= 15 is 0 Å². The van der Waals surface area contributed by atoms with Crippen LogP contribution in [0.2, 0.25) is 0 Å². The smallest absolute Gasteiger partial charge is 0.138 e. The first-order valence-corrected chi connectivity index (χ1v) is 11.7. The van der Waals surface area contributed by atoms with Crippen LogP contribution in [0.1, 0.15) is 36.0 Å². The molecule has 1 aromatic heterocycles. The van der Waals surface area contributed by atoms with E-state index < -0.39 is 0 Å². The third kappa shape index (κ3) is 4.86. The molecule has 0 aliphatic carbocycles. The predicted octanol–water partition coefficient (Wildman–Crippen LogP) is 5.99. The zero-order chi connectivity index (χ0) is 21.8. The van der Waals surface area contributed by atoms with Crippen molar-refractivity contribution in [1.82, 2.24) is 14.9 Å². The normalized spacial score (nSPS) is 14.7. The summed E-state index contributed by atoms with van der Waals surface area (Å²) in [7, 11) is 0. The van der Waals surface area contributed by atoms with Crippen molar-refractivity contribution in [2.45, 2.75) is 32.6 Å². The second kappa shape index (κ2) is 9.58. The molecule has 1 aliphatic rings. The summed E-state index contributed by atoms with van der Waals surface area (Å²) in [5, 5.41) is 0. The average molecular weight is 426 g/mol. The molecule has 4 nitrogen and oxygen atoms in total. The molecule has 1 aliphatic heterocycles. The number of ether oxygens (including phenoxy) is 1. The topological polar surface area (TPSA) is 41.1 Å². The molecule has 5 rings (SSSR count). The van der Waals surface area contributed by atoms with Crippen molar-refractivity contribution in [3.63, 3.8) is 0 Å². The van der Waals surface area contributed by atoms with Crippen molar-refractivity contribution >= 4 is 11.0 Å². The number of aryl methyl sites for hydroxylation is 1. The van der Waals surface area contributed by atoms with E-state index in [1.165, 1.54) is 49.0 Å². The fraction of sp³-hybridized carbons (Fsp3) is 0.321. The number of rotatable bonds is 7. The molecular formula is C28H31N3O. The van der Waals surface area contributed by atoms with Gasteiger partial charge in [-0.25, -0.2) is 4.98 Å². The summed E-state index contributed by atoms with van der Waals surface area (Å²) < 4.78 is 6.24. The maximum atomic E-state index is 6.24. The van der Waals surface area contributed by atoms with Crippen LogP contribution in [-0.4, -0.2) is 41.1 Å². The highest BCUT2D eigenvalue weighted by Crippen LogP contribution is 2.29. The molecule has 3 aromatic carbocycles. The van der Waals surface area contributed by atoms with Gasteiger partial charge in [0.05, 0.1) is 11.0 Å². The van der Waals surface area contributed by atoms with Crippen LogP contribution in [0.5, 0.6) is 5.75 Å². The van der Waals surface area contributed by atoms with Gasteiger partial charge in [0.1, 0.15) is 18.2 Å². The molecule has 0 spiro atoms. The third-order valence-corrected chi connectivity index (χ3v) is 6.29. The zero-order valence-electron chi connectivity index (χ0n) is 18.8. The molecule has 0 radical (unpaired) electrons. The van der Waals surface area contributed by atoms with Crippen molar-refractivity contribution in [2.24, 2.45) is 0 Å². The van der Waals surface area contributed by atoms with E-state index in [4.69, 9.17) is 9.72 Å². The summed E-state index contributed by atoms with van der Waals surface area (Å²) in [5.74, 6) is 1.82. The van der Waals surface area contributed by atoms with Crippen molar-refractivity contribution in [1.29, 1.82) is 0 Å². The van der Waals surface area contributed by atoms with Gasteiger partial charge >= 0.3 is 0 Å². The number of fused-ring (bicyclic) bond motifs is 1. The lowest BCUT2D eigenvalue weighted by Crippen LogP contribution is -2.33. The predicted molar refractivity (Wildman–Crippen MR) is 131 cm³/mol. The Morgan fingerprint density at radius 1 is 0.938 bits per heavy atom. The number of hydrogen-bond donors (Lipinski definition) is 1. The summed E-state index contributed by atoms with van der Waals surface area (Å²) in [6.45, 7) is 6.21. The Labute approximate surface area is 190 Å². The van der Waals surface area contributed by atoms with Gasteiger partial charge in [0, 0.05) is 18.2 Å². The Kier molecular flexibility index (Phi) is 6.22. The van der Waals surface area contributed by atoms with Gasteiger partial charge in [0.15, 0.2) is 0 Å². The number of imidazole rings is 1. The van der Waals surface area contributed by atoms with Crippen LogP contribution in [0.3, 0.4) is 0 Å². The van der Waals surface area contributed by atoms with Crippen molar-refractivity contribution in [3.05, 3.63) is 83.4 Å². The molecule has 1 saturated heterocycles. The van der Waals surface area contributed by atoms with Gasteiger partial charge in [-0.15, -0.1) is 0 Å². The van der Waals surface area contributed by atoms with Crippen molar-refractivity contribution in [2.75, 3.05) is 26.2 Å². The fourth-order valence-electron chi connectivity index (χ4n) is 4.60. The number of piperidine rings is 1. The highest BCUT2D eigenvalue weighted by molar-refractivity contribution is 5.84. The summed E-state index contributed by atoms with van der Waals surface area (Å²) in [4.78, 5) is 11.1. The van der Waals surface area contributed by atoms with E-state index in [9.17, 15) is 0 Å². The Balaban J connectivity index is 1.44. The standard InChI is InChI=1S/C28H31N3O/c1-21-9-8-12-23(17-21)28-29-26-20-25(32-16-15-31-13-6-3-7-14-31)19-24(27(26)30-28)18-22-10-4-2-5-11-22/h2,4-5,8-12,17,19-20H,3,6-7,13-16,18H2,1H3,(H,29,30). The average Bonchev–Trinajstić information content (AvgIpc) is 3.25. The van der Waals surface area contributed by atoms with Crippen molar-refractivity contribution in [3.8, 4) is 17.1 Å². The minimum absolute atomic E-state index is 0.717. The van der Waals surface area contributed by atoms with Crippen LogP contribution in [0.4, 0.5) is 0 Å². The summed E-state index contributed by atoms with van der Waals surface area (Å²) in [6.07, 6.45) is 4.81. The van der Waals surface area contributed by atoms with E-state index in [0.29, 0.717) is 0 Å². The maximum absolute atomic E-state index is 6.24. The van der Waals surface area contributed by atoms with Gasteiger partial charge in [-0.1, -0.05) is 60.5 Å². The molecule has 4 heteroatoms. The number of nitrogens with one attached hydrogen (secondary N) is 1. The molecule has 0 saturated carbocycles. The fourth-order valence-corrected chi connectivity index (χ4v) is 4.60. The minimum Gasteiger partial charge on any atom is -0.492 e. The van der Waals surface area contributed by atoms with Crippen LogP contribution in [0.15, 0.2) is 66.7 Å². The first-order valence-electron chi connectivity index (χ1n) is 11.7. The highest BCUT2D eigenvalue weighted by Gasteiger charge is 2.14. The summed E-state index contributed by atoms with van der Waals surface area (Å²) in [6, 6.07) is 23.3. The van der Waals surface area contributed by atoms with Crippen LogP contribution in [-0.2, 0) is 6.42 Å². The zero-order valence-corrected chi connectivity index (χ0v) is 18.8. The first-order chi connectivity index (χ1) is 15.7. The number of aromatic amines is 1. The van der Waals surface area contributed by atoms with Gasteiger partial charge in [0.25, 0.3) is 0 Å². The van der Waals surface area contributed by atoms with E-state index in [2.05, 4.69) is 83.5 Å². The van der Waals surface area contributed by atoms with Crippen LogP contribution < -0.4 is 4.74 Å². The number of nitrogens with zero attached hydrogens (tertiary/aromatic N) is 2. The molecular weight excluding hydrogens is 394 g/mol. The van der Waals surface area contributed by atoms with Crippen molar-refractivity contribution < 1.29 is 4.74 Å². The Hall–Kier alpha value is -3.11. The lowest BCUT2D eigenvalue weighted by atomic mass is 10.0. The van der Waals surface area contributed by atoms with Gasteiger partial charge in [-0.3, -0.25) is 4.90 Å². The van der Waals surface area contributed by atoms with Crippen LogP contribution in [0.25, 0.3) is 22.4 Å². The Bertz CT molecular complexity index is 1180. The molecule has 1 fully saturated rings. The monoisotopic (exact) mass is 425 g/mol. The molecule has 0 unspecified atom stereocenters. The number of benzene rings is 3. The van der Waals surface area contributed by atoms with Gasteiger partial charge < -0.3 is 9.72 Å². The van der Waals surface area contributed by atoms with E-state index in [1.807, 2.05) is 0 Å². The van der Waals surface area contributed by atoms with Gasteiger partial charge in [-0.2, -0.15) is 0 Å². The quantitative estimate of drug-likeness (QED) is 0.395. The SMILES string of the molecule is Cc1cccc(-c2nc3c(Cc4ccccc4)cc(OCCN4CCCCC4)cc3[nH]2)c1. The maximum Gasteiger partial charge on any atom is 0.138 e. The number of H-pyrrole nitrogens is 1. The lowest BCUT2D eigenvalue weighted by Gasteiger charge is -2.26. The highest BCUT2D eigenvalue weighted by atomic mass is 16.5. The van der Waals surface area contributed by atoms with Gasteiger partial charge in [0.2, 0.25) is 0 Å². The molecule has 0 amide bonds. The number of aromatic nitrogens is 2. The van der Waals surface area contributed by atoms with Crippen LogP contribution in [0, 0.1) is 6.92 Å². The van der Waals surface area contributed by atoms with E-state index in [-0.39, 0.29) is 0 Å². The number of likely N-dealkylation sites (tertiary alicyclic amines) is 1. The Morgan fingerprint density at radius 2 is 1.78 bits per heavy atom. The molecule has 4 aromatic rings. The molecule has 0 atom stereocenters.